The lowest BCUT2D eigenvalue weighted by atomic mass is 9.91. The van der Waals surface area contributed by atoms with E-state index in [9.17, 15) is 13.2 Å². The van der Waals surface area contributed by atoms with Gasteiger partial charge in [-0.25, -0.2) is 4.98 Å². The van der Waals surface area contributed by atoms with E-state index in [4.69, 9.17) is 5.11 Å². The minimum absolute atomic E-state index is 0.108. The summed E-state index contributed by atoms with van der Waals surface area (Å²) in [6, 6.07) is 2.21. The van der Waals surface area contributed by atoms with Crippen molar-refractivity contribution in [2.45, 2.75) is 31.5 Å². The zero-order valence-corrected chi connectivity index (χ0v) is 11.2. The van der Waals surface area contributed by atoms with E-state index in [-0.39, 0.29) is 24.3 Å². The molecule has 0 atom stereocenters. The standard InChI is InChI=1S/C13H18F3N3O/c1-17-11-7-9(13(14,15)16)8-12(18-11)19(5-6-20)10-3-2-4-10/h7-8,10,20H,2-6H2,1H3,(H,17,18). The highest BCUT2D eigenvalue weighted by atomic mass is 19.4. The molecule has 0 aromatic carbocycles. The summed E-state index contributed by atoms with van der Waals surface area (Å²) in [5, 5.41) is 11.8. The highest BCUT2D eigenvalue weighted by molar-refractivity contribution is 5.52. The Morgan fingerprint density at radius 3 is 2.55 bits per heavy atom. The van der Waals surface area contributed by atoms with Gasteiger partial charge in [-0.15, -0.1) is 0 Å². The third kappa shape index (κ3) is 3.15. The molecule has 2 N–H and O–H groups in total. The third-order valence-electron chi connectivity index (χ3n) is 3.55. The summed E-state index contributed by atoms with van der Waals surface area (Å²) in [7, 11) is 1.53. The molecule has 7 heteroatoms. The van der Waals surface area contributed by atoms with Gasteiger partial charge in [0.15, 0.2) is 0 Å². The van der Waals surface area contributed by atoms with Crippen molar-refractivity contribution in [3.05, 3.63) is 17.7 Å². The number of aliphatic hydroxyl groups excluding tert-OH is 1. The predicted molar refractivity (Wildman–Crippen MR) is 70.9 cm³/mol. The lowest BCUT2D eigenvalue weighted by Gasteiger charge is -2.38. The van der Waals surface area contributed by atoms with Crippen molar-refractivity contribution >= 4 is 11.6 Å². The number of anilines is 2. The van der Waals surface area contributed by atoms with Crippen molar-refractivity contribution in [1.29, 1.82) is 0 Å². The average molecular weight is 289 g/mol. The number of nitrogens with one attached hydrogen (secondary N) is 1. The molecule has 1 aliphatic carbocycles. The van der Waals surface area contributed by atoms with E-state index in [0.717, 1.165) is 31.4 Å². The van der Waals surface area contributed by atoms with Crippen LogP contribution in [0.4, 0.5) is 24.8 Å². The number of pyridine rings is 1. The van der Waals surface area contributed by atoms with Crippen LogP contribution < -0.4 is 10.2 Å². The Morgan fingerprint density at radius 2 is 2.10 bits per heavy atom. The first-order valence-corrected chi connectivity index (χ1v) is 6.60. The summed E-state index contributed by atoms with van der Waals surface area (Å²) in [4.78, 5) is 5.95. The van der Waals surface area contributed by atoms with Gasteiger partial charge in [-0.05, 0) is 31.4 Å². The average Bonchev–Trinajstić information content (AvgIpc) is 2.34. The van der Waals surface area contributed by atoms with Crippen molar-refractivity contribution in [1.82, 2.24) is 4.98 Å². The Kier molecular flexibility index (Phi) is 4.37. The largest absolute Gasteiger partial charge is 0.416 e. The summed E-state index contributed by atoms with van der Waals surface area (Å²) < 4.78 is 38.7. The molecule has 1 aromatic heterocycles. The molecule has 0 bridgehead atoms. The maximum absolute atomic E-state index is 12.9. The van der Waals surface area contributed by atoms with Crippen LogP contribution in [0.2, 0.25) is 0 Å². The van der Waals surface area contributed by atoms with E-state index in [1.165, 1.54) is 7.05 Å². The molecule has 0 radical (unpaired) electrons. The Hall–Kier alpha value is -1.50. The van der Waals surface area contributed by atoms with Crippen LogP contribution in [0.5, 0.6) is 0 Å². The van der Waals surface area contributed by atoms with Crippen LogP contribution in [0, 0.1) is 0 Å². The van der Waals surface area contributed by atoms with Crippen molar-refractivity contribution in [2.75, 3.05) is 30.4 Å². The van der Waals surface area contributed by atoms with Gasteiger partial charge in [-0.1, -0.05) is 0 Å². The van der Waals surface area contributed by atoms with Crippen molar-refractivity contribution < 1.29 is 18.3 Å². The monoisotopic (exact) mass is 289 g/mol. The molecule has 1 aromatic rings. The zero-order valence-electron chi connectivity index (χ0n) is 11.2. The topological polar surface area (TPSA) is 48.4 Å². The maximum Gasteiger partial charge on any atom is 0.416 e. The van der Waals surface area contributed by atoms with Crippen molar-refractivity contribution in [2.24, 2.45) is 0 Å². The van der Waals surface area contributed by atoms with E-state index >= 15 is 0 Å². The summed E-state index contributed by atoms with van der Waals surface area (Å²) in [5.74, 6) is 0.444. The van der Waals surface area contributed by atoms with Crippen LogP contribution in [0.25, 0.3) is 0 Å². The summed E-state index contributed by atoms with van der Waals surface area (Å²) in [5.41, 5.74) is -0.728. The SMILES string of the molecule is CNc1cc(C(F)(F)F)cc(N(CCO)C2CCC2)n1. The first kappa shape index (κ1) is 14.9. The van der Waals surface area contributed by atoms with Gasteiger partial charge in [0.1, 0.15) is 11.6 Å². The number of hydrogen-bond donors (Lipinski definition) is 2. The smallest absolute Gasteiger partial charge is 0.395 e. The lowest BCUT2D eigenvalue weighted by molar-refractivity contribution is -0.137. The van der Waals surface area contributed by atoms with Gasteiger partial charge in [0, 0.05) is 19.6 Å². The zero-order chi connectivity index (χ0) is 14.8. The summed E-state index contributed by atoms with van der Waals surface area (Å²) in [6.07, 6.45) is -1.50. The Labute approximate surface area is 115 Å². The molecule has 0 unspecified atom stereocenters. The lowest BCUT2D eigenvalue weighted by Crippen LogP contribution is -2.42. The molecular weight excluding hydrogens is 271 g/mol. The number of aliphatic hydroxyl groups is 1. The normalized spacial score (nSPS) is 15.8. The van der Waals surface area contributed by atoms with Gasteiger partial charge in [0.25, 0.3) is 0 Å². The molecule has 112 valence electrons. The van der Waals surface area contributed by atoms with Crippen LogP contribution in [0.15, 0.2) is 12.1 Å². The molecule has 1 saturated carbocycles. The molecule has 0 aliphatic heterocycles. The number of rotatable bonds is 5. The third-order valence-corrected chi connectivity index (χ3v) is 3.55. The number of halogens is 3. The molecule has 4 nitrogen and oxygen atoms in total. The molecule has 1 heterocycles. The first-order valence-electron chi connectivity index (χ1n) is 6.60. The maximum atomic E-state index is 12.9. The molecule has 0 saturated heterocycles. The molecule has 2 rings (SSSR count). The van der Waals surface area contributed by atoms with Gasteiger partial charge in [-0.2, -0.15) is 13.2 Å². The van der Waals surface area contributed by atoms with Crippen LogP contribution in [-0.2, 0) is 6.18 Å². The molecule has 1 aliphatic rings. The molecule has 0 amide bonds. The van der Waals surface area contributed by atoms with Crippen molar-refractivity contribution in [3.8, 4) is 0 Å². The number of aromatic nitrogens is 1. The summed E-state index contributed by atoms with van der Waals surface area (Å²) in [6.45, 7) is 0.186. The van der Waals surface area contributed by atoms with E-state index in [2.05, 4.69) is 10.3 Å². The summed E-state index contributed by atoms with van der Waals surface area (Å²) >= 11 is 0. The predicted octanol–water partition coefficient (Wildman–Crippen LogP) is 2.49. The fourth-order valence-electron chi connectivity index (χ4n) is 2.25. The number of nitrogens with zero attached hydrogens (tertiary/aromatic N) is 2. The second kappa shape index (κ2) is 5.87. The van der Waals surface area contributed by atoms with E-state index in [1.807, 2.05) is 0 Å². The highest BCUT2D eigenvalue weighted by Gasteiger charge is 2.33. The minimum Gasteiger partial charge on any atom is -0.395 e. The molecular formula is C13H18F3N3O. The minimum atomic E-state index is -4.41. The van der Waals surface area contributed by atoms with Crippen LogP contribution >= 0.6 is 0 Å². The van der Waals surface area contributed by atoms with Gasteiger partial charge < -0.3 is 15.3 Å². The molecule has 1 fully saturated rings. The molecule has 0 spiro atoms. The number of hydrogen-bond acceptors (Lipinski definition) is 4. The van der Waals surface area contributed by atoms with Crippen LogP contribution in [0.1, 0.15) is 24.8 Å². The van der Waals surface area contributed by atoms with Gasteiger partial charge >= 0.3 is 6.18 Å². The van der Waals surface area contributed by atoms with Gasteiger partial charge in [0.05, 0.1) is 12.2 Å². The fraction of sp³-hybridized carbons (Fsp3) is 0.615. The van der Waals surface area contributed by atoms with Crippen LogP contribution in [-0.4, -0.2) is 36.3 Å². The van der Waals surface area contributed by atoms with E-state index in [0.29, 0.717) is 6.54 Å². The highest BCUT2D eigenvalue weighted by Crippen LogP contribution is 2.35. The second-order valence-corrected chi connectivity index (χ2v) is 4.85. The second-order valence-electron chi connectivity index (χ2n) is 4.85. The molecule has 20 heavy (non-hydrogen) atoms. The fourth-order valence-corrected chi connectivity index (χ4v) is 2.25. The van der Waals surface area contributed by atoms with Crippen molar-refractivity contribution in [3.63, 3.8) is 0 Å². The van der Waals surface area contributed by atoms with Gasteiger partial charge in [0.2, 0.25) is 0 Å². The van der Waals surface area contributed by atoms with Gasteiger partial charge in [-0.3, -0.25) is 0 Å². The van der Waals surface area contributed by atoms with E-state index < -0.39 is 11.7 Å². The number of alkyl halides is 3. The van der Waals surface area contributed by atoms with Crippen LogP contribution in [0.3, 0.4) is 0 Å². The van der Waals surface area contributed by atoms with E-state index in [1.54, 1.807) is 4.90 Å². The first-order chi connectivity index (χ1) is 9.45. The Balaban J connectivity index is 2.37. The Morgan fingerprint density at radius 1 is 1.40 bits per heavy atom. The Bertz CT molecular complexity index is 461. The quantitative estimate of drug-likeness (QED) is 0.874.